The number of fused-ring (bicyclic) bond motifs is 1. The molecule has 1 aromatic rings. The second-order valence-corrected chi connectivity index (χ2v) is 5.41. The highest BCUT2D eigenvalue weighted by atomic mass is 16.5. The molecule has 0 spiro atoms. The third kappa shape index (κ3) is 2.52. The summed E-state index contributed by atoms with van der Waals surface area (Å²) < 4.78 is 10.8. The third-order valence-electron chi connectivity index (χ3n) is 3.73. The van der Waals surface area contributed by atoms with E-state index in [4.69, 9.17) is 15.2 Å². The Morgan fingerprint density at radius 2 is 2.29 bits per heavy atom. The van der Waals surface area contributed by atoms with Gasteiger partial charge in [-0.05, 0) is 25.8 Å². The van der Waals surface area contributed by atoms with Gasteiger partial charge in [-0.15, -0.1) is 0 Å². The number of nitrogens with one attached hydrogen (secondary N) is 2. The van der Waals surface area contributed by atoms with Crippen molar-refractivity contribution in [2.45, 2.75) is 25.4 Å². The molecule has 0 bridgehead atoms. The van der Waals surface area contributed by atoms with Crippen LogP contribution in [0.15, 0.2) is 12.1 Å². The molecule has 0 saturated carbocycles. The van der Waals surface area contributed by atoms with E-state index in [1.165, 1.54) is 0 Å². The van der Waals surface area contributed by atoms with Crippen LogP contribution in [-0.2, 0) is 14.3 Å². The van der Waals surface area contributed by atoms with E-state index in [0.717, 1.165) is 6.42 Å². The highest BCUT2D eigenvalue weighted by Crippen LogP contribution is 2.36. The Labute approximate surface area is 121 Å². The number of hydrogen-bond acceptors (Lipinski definition) is 5. The lowest BCUT2D eigenvalue weighted by Crippen LogP contribution is -2.39. The van der Waals surface area contributed by atoms with Crippen LogP contribution in [0.5, 0.6) is 5.75 Å². The van der Waals surface area contributed by atoms with Gasteiger partial charge in [0.25, 0.3) is 11.8 Å². The van der Waals surface area contributed by atoms with E-state index >= 15 is 0 Å². The van der Waals surface area contributed by atoms with Crippen LogP contribution in [0.3, 0.4) is 0 Å². The summed E-state index contributed by atoms with van der Waals surface area (Å²) in [5, 5.41) is 5.44. The van der Waals surface area contributed by atoms with Gasteiger partial charge in [0.05, 0.1) is 17.1 Å². The van der Waals surface area contributed by atoms with Crippen molar-refractivity contribution in [3.05, 3.63) is 12.1 Å². The first kappa shape index (κ1) is 13.7. The van der Waals surface area contributed by atoms with Crippen LogP contribution in [0, 0.1) is 0 Å². The normalized spacial score (nSPS) is 24.0. The molecule has 0 aromatic heterocycles. The largest absolute Gasteiger partial charge is 0.482 e. The van der Waals surface area contributed by atoms with Crippen LogP contribution in [-0.4, -0.2) is 30.6 Å². The molecule has 0 aliphatic carbocycles. The number of carbonyl (C=O) groups excluding carboxylic acids is 2. The number of carbonyl (C=O) groups is 2. The maximum Gasteiger partial charge on any atom is 0.262 e. The molecule has 2 amide bonds. The molecule has 0 radical (unpaired) electrons. The molecule has 1 saturated heterocycles. The third-order valence-corrected chi connectivity index (χ3v) is 3.73. The van der Waals surface area contributed by atoms with Crippen LogP contribution in [0.25, 0.3) is 0 Å². The standard InChI is InChI=1S/C14H17N3O4/c1-14(3-2-4-21-14)13(19)17-9-6-10-11(5-8(9)15)20-7-12(18)16-10/h5-6H,2-4,7,15H2,1H3,(H,16,18)(H,17,19). The molecule has 1 unspecified atom stereocenters. The van der Waals surface area contributed by atoms with Gasteiger partial charge in [-0.2, -0.15) is 0 Å². The summed E-state index contributed by atoms with van der Waals surface area (Å²) in [5.41, 5.74) is 6.39. The Balaban J connectivity index is 1.84. The molecule has 3 rings (SSSR count). The van der Waals surface area contributed by atoms with E-state index in [-0.39, 0.29) is 18.4 Å². The highest BCUT2D eigenvalue weighted by Gasteiger charge is 2.38. The van der Waals surface area contributed by atoms with Crippen LogP contribution >= 0.6 is 0 Å². The van der Waals surface area contributed by atoms with Crippen molar-refractivity contribution in [3.8, 4) is 5.75 Å². The maximum absolute atomic E-state index is 12.3. The summed E-state index contributed by atoms with van der Waals surface area (Å²) in [6.45, 7) is 2.30. The van der Waals surface area contributed by atoms with Crippen molar-refractivity contribution in [2.75, 3.05) is 29.6 Å². The molecule has 7 nitrogen and oxygen atoms in total. The lowest BCUT2D eigenvalue weighted by atomic mass is 10.0. The van der Waals surface area contributed by atoms with Gasteiger partial charge in [-0.25, -0.2) is 0 Å². The summed E-state index contributed by atoms with van der Waals surface area (Å²) in [4.78, 5) is 23.6. The zero-order valence-corrected chi connectivity index (χ0v) is 11.7. The Hall–Kier alpha value is -2.28. The first-order chi connectivity index (χ1) is 9.98. The Morgan fingerprint density at radius 1 is 1.48 bits per heavy atom. The number of anilines is 3. The van der Waals surface area contributed by atoms with E-state index in [0.29, 0.717) is 35.8 Å². The number of nitrogens with two attached hydrogens (primary N) is 1. The molecule has 2 aliphatic heterocycles. The first-order valence-corrected chi connectivity index (χ1v) is 6.79. The number of nitrogen functional groups attached to an aromatic ring is 1. The predicted molar refractivity (Wildman–Crippen MR) is 77.2 cm³/mol. The molecule has 2 aliphatic rings. The molecule has 112 valence electrons. The molecule has 7 heteroatoms. The van der Waals surface area contributed by atoms with Crippen molar-refractivity contribution < 1.29 is 19.1 Å². The molecule has 1 atom stereocenters. The number of rotatable bonds is 2. The summed E-state index contributed by atoms with van der Waals surface area (Å²) in [6, 6.07) is 3.18. The number of ether oxygens (including phenoxy) is 2. The van der Waals surface area contributed by atoms with Gasteiger partial charge in [0.2, 0.25) is 0 Å². The molecular weight excluding hydrogens is 274 g/mol. The lowest BCUT2D eigenvalue weighted by Gasteiger charge is -2.24. The van der Waals surface area contributed by atoms with E-state index in [2.05, 4.69) is 10.6 Å². The van der Waals surface area contributed by atoms with Gasteiger partial charge in [0, 0.05) is 12.7 Å². The average molecular weight is 291 g/mol. The summed E-state index contributed by atoms with van der Waals surface area (Å²) >= 11 is 0. The van der Waals surface area contributed by atoms with Crippen molar-refractivity contribution in [1.29, 1.82) is 0 Å². The van der Waals surface area contributed by atoms with Crippen molar-refractivity contribution in [2.24, 2.45) is 0 Å². The maximum atomic E-state index is 12.3. The van der Waals surface area contributed by atoms with Crippen molar-refractivity contribution in [3.63, 3.8) is 0 Å². The van der Waals surface area contributed by atoms with Gasteiger partial charge >= 0.3 is 0 Å². The van der Waals surface area contributed by atoms with Crippen LogP contribution in [0.4, 0.5) is 17.1 Å². The molecule has 1 fully saturated rings. The summed E-state index contributed by atoms with van der Waals surface area (Å²) in [7, 11) is 0. The fourth-order valence-electron chi connectivity index (χ4n) is 2.46. The molecule has 2 heterocycles. The Bertz CT molecular complexity index is 608. The second kappa shape index (κ2) is 4.92. The zero-order chi connectivity index (χ0) is 15.0. The number of hydrogen-bond donors (Lipinski definition) is 3. The first-order valence-electron chi connectivity index (χ1n) is 6.79. The summed E-state index contributed by atoms with van der Waals surface area (Å²) in [6.07, 6.45) is 1.52. The van der Waals surface area contributed by atoms with E-state index < -0.39 is 5.60 Å². The van der Waals surface area contributed by atoms with Crippen LogP contribution in [0.1, 0.15) is 19.8 Å². The smallest absolute Gasteiger partial charge is 0.262 e. The summed E-state index contributed by atoms with van der Waals surface area (Å²) in [5.74, 6) is 0.0127. The topological polar surface area (TPSA) is 103 Å². The minimum absolute atomic E-state index is 0.0376. The SMILES string of the molecule is CC1(C(=O)Nc2cc3c(cc2N)OCC(=O)N3)CCCO1. The van der Waals surface area contributed by atoms with Gasteiger partial charge in [0.1, 0.15) is 11.4 Å². The predicted octanol–water partition coefficient (Wildman–Crippen LogP) is 1.11. The van der Waals surface area contributed by atoms with Crippen molar-refractivity contribution in [1.82, 2.24) is 0 Å². The van der Waals surface area contributed by atoms with Gasteiger partial charge in [-0.1, -0.05) is 0 Å². The molecule has 21 heavy (non-hydrogen) atoms. The second-order valence-electron chi connectivity index (χ2n) is 5.41. The Kier molecular flexibility index (Phi) is 3.21. The van der Waals surface area contributed by atoms with E-state index in [1.54, 1.807) is 19.1 Å². The molecular formula is C14H17N3O4. The van der Waals surface area contributed by atoms with Crippen LogP contribution in [0.2, 0.25) is 0 Å². The van der Waals surface area contributed by atoms with Crippen LogP contribution < -0.4 is 21.1 Å². The average Bonchev–Trinajstić information content (AvgIpc) is 2.88. The zero-order valence-electron chi connectivity index (χ0n) is 11.7. The fraction of sp³-hybridized carbons (Fsp3) is 0.429. The molecule has 4 N–H and O–H groups in total. The minimum atomic E-state index is -0.831. The minimum Gasteiger partial charge on any atom is -0.482 e. The monoisotopic (exact) mass is 291 g/mol. The molecule has 1 aromatic carbocycles. The highest BCUT2D eigenvalue weighted by molar-refractivity contribution is 6.02. The number of benzene rings is 1. The van der Waals surface area contributed by atoms with E-state index in [1.807, 2.05) is 0 Å². The van der Waals surface area contributed by atoms with E-state index in [9.17, 15) is 9.59 Å². The Morgan fingerprint density at radius 3 is 3.00 bits per heavy atom. The quantitative estimate of drug-likeness (QED) is 0.708. The van der Waals surface area contributed by atoms with Crippen molar-refractivity contribution >= 4 is 28.9 Å². The lowest BCUT2D eigenvalue weighted by molar-refractivity contribution is -0.133. The van der Waals surface area contributed by atoms with Gasteiger partial charge < -0.3 is 25.8 Å². The van der Waals surface area contributed by atoms with Gasteiger partial charge in [-0.3, -0.25) is 9.59 Å². The fourth-order valence-corrected chi connectivity index (χ4v) is 2.46. The number of amides is 2. The van der Waals surface area contributed by atoms with Gasteiger partial charge in [0.15, 0.2) is 6.61 Å².